The third kappa shape index (κ3) is 3.21. The fraction of sp³-hybridized carbons (Fsp3) is 0.412. The van der Waals surface area contributed by atoms with Gasteiger partial charge < -0.3 is 10.2 Å². The minimum absolute atomic E-state index is 0.658. The number of nitrogens with zero attached hydrogens (tertiary/aromatic N) is 5. The summed E-state index contributed by atoms with van der Waals surface area (Å²) >= 11 is 0. The zero-order valence-corrected chi connectivity index (χ0v) is 13.6. The van der Waals surface area contributed by atoms with Crippen molar-refractivity contribution in [2.45, 2.75) is 19.4 Å². The average molecular weight is 324 g/mol. The first-order valence-electron chi connectivity index (χ1n) is 8.56. The second-order valence-corrected chi connectivity index (χ2v) is 6.26. The highest BCUT2D eigenvalue weighted by Crippen LogP contribution is 2.16. The molecule has 0 radical (unpaired) electrons. The molecule has 4 rings (SSSR count). The van der Waals surface area contributed by atoms with Gasteiger partial charge in [-0.2, -0.15) is 0 Å². The third-order valence-electron chi connectivity index (χ3n) is 4.56. The Kier molecular flexibility index (Phi) is 4.33. The number of hydrogen-bond acceptors (Lipinski definition) is 5. The lowest BCUT2D eigenvalue weighted by atomic mass is 10.2. The fourth-order valence-electron chi connectivity index (χ4n) is 3.27. The number of anilines is 1. The van der Waals surface area contributed by atoms with Crippen molar-refractivity contribution in [2.24, 2.45) is 0 Å². The summed E-state index contributed by atoms with van der Waals surface area (Å²) in [6.07, 6.45) is 4.28. The van der Waals surface area contributed by atoms with Gasteiger partial charge in [0.1, 0.15) is 6.33 Å². The lowest BCUT2D eigenvalue weighted by Gasteiger charge is -2.12. The van der Waals surface area contributed by atoms with Crippen LogP contribution in [-0.4, -0.2) is 51.1 Å². The maximum absolute atomic E-state index is 4.37. The molecule has 1 aliphatic rings. The van der Waals surface area contributed by atoms with E-state index in [1.54, 1.807) is 11.2 Å². The molecular weight excluding hydrogens is 302 g/mol. The Labute approximate surface area is 140 Å². The maximum atomic E-state index is 4.37. The molecule has 0 amide bonds. The van der Waals surface area contributed by atoms with E-state index in [9.17, 15) is 0 Å². The first-order valence-corrected chi connectivity index (χ1v) is 8.56. The molecule has 0 bridgehead atoms. The third-order valence-corrected chi connectivity index (χ3v) is 4.56. The Morgan fingerprint density at radius 2 is 1.92 bits per heavy atom. The standard InChI is InChI=1S/C17H21N7/c1-2-6-14(7-3-1)12-24-17-15(21-22-24)16(19-13-20-17)18-8-11-23-9-4-5-10-23/h1-3,6-7,13H,4-5,8-12H2,(H,18,19,20)/p+1. The van der Waals surface area contributed by atoms with Gasteiger partial charge in [0, 0.05) is 12.8 Å². The zero-order chi connectivity index (χ0) is 16.2. The zero-order valence-electron chi connectivity index (χ0n) is 13.6. The summed E-state index contributed by atoms with van der Waals surface area (Å²) in [7, 11) is 0. The number of nitrogens with one attached hydrogen (secondary N) is 2. The van der Waals surface area contributed by atoms with Gasteiger partial charge in [0.25, 0.3) is 0 Å². The molecule has 2 N–H and O–H groups in total. The molecule has 1 aliphatic heterocycles. The molecule has 3 aromatic rings. The molecule has 3 heterocycles. The highest BCUT2D eigenvalue weighted by molar-refractivity contribution is 5.81. The van der Waals surface area contributed by atoms with Crippen molar-refractivity contribution >= 4 is 17.0 Å². The lowest BCUT2D eigenvalue weighted by Crippen LogP contribution is -3.10. The number of aromatic nitrogens is 5. The largest absolute Gasteiger partial charge is 0.362 e. The number of benzene rings is 1. The molecule has 1 aromatic carbocycles. The Morgan fingerprint density at radius 1 is 1.08 bits per heavy atom. The van der Waals surface area contributed by atoms with E-state index in [4.69, 9.17) is 0 Å². The van der Waals surface area contributed by atoms with Crippen LogP contribution in [0.1, 0.15) is 18.4 Å². The molecule has 1 saturated heterocycles. The molecule has 0 aliphatic carbocycles. The fourth-order valence-corrected chi connectivity index (χ4v) is 3.27. The number of fused-ring (bicyclic) bond motifs is 1. The molecule has 0 unspecified atom stereocenters. The van der Waals surface area contributed by atoms with Gasteiger partial charge in [0.2, 0.25) is 0 Å². The normalized spacial score (nSPS) is 15.2. The summed E-state index contributed by atoms with van der Waals surface area (Å²) in [6, 6.07) is 10.2. The molecule has 7 nitrogen and oxygen atoms in total. The number of hydrogen-bond donors (Lipinski definition) is 2. The van der Waals surface area contributed by atoms with Crippen molar-refractivity contribution in [3.63, 3.8) is 0 Å². The Morgan fingerprint density at radius 3 is 2.75 bits per heavy atom. The topological polar surface area (TPSA) is 73.0 Å². The predicted octanol–water partition coefficient (Wildman–Crippen LogP) is 0.360. The summed E-state index contributed by atoms with van der Waals surface area (Å²) in [5, 5.41) is 11.9. The van der Waals surface area contributed by atoms with Crippen molar-refractivity contribution in [3.8, 4) is 0 Å². The molecule has 124 valence electrons. The summed E-state index contributed by atoms with van der Waals surface area (Å²) in [5.41, 5.74) is 2.68. The van der Waals surface area contributed by atoms with Crippen molar-refractivity contribution in [1.29, 1.82) is 0 Å². The summed E-state index contributed by atoms with van der Waals surface area (Å²) in [6.45, 7) is 5.24. The molecule has 0 saturated carbocycles. The van der Waals surface area contributed by atoms with Gasteiger partial charge in [-0.1, -0.05) is 35.5 Å². The number of quaternary nitrogens is 1. The van der Waals surface area contributed by atoms with E-state index in [1.165, 1.54) is 31.5 Å². The van der Waals surface area contributed by atoms with Crippen LogP contribution in [0.15, 0.2) is 36.7 Å². The molecule has 0 atom stereocenters. The van der Waals surface area contributed by atoms with Gasteiger partial charge in [0.15, 0.2) is 17.0 Å². The van der Waals surface area contributed by atoms with Crippen LogP contribution in [0, 0.1) is 0 Å². The molecule has 0 spiro atoms. The van der Waals surface area contributed by atoms with E-state index in [0.29, 0.717) is 6.54 Å². The summed E-state index contributed by atoms with van der Waals surface area (Å²) in [5.74, 6) is 0.776. The van der Waals surface area contributed by atoms with Crippen molar-refractivity contribution in [2.75, 3.05) is 31.5 Å². The van der Waals surface area contributed by atoms with Gasteiger partial charge >= 0.3 is 0 Å². The van der Waals surface area contributed by atoms with Crippen molar-refractivity contribution in [3.05, 3.63) is 42.2 Å². The van der Waals surface area contributed by atoms with Crippen molar-refractivity contribution < 1.29 is 4.90 Å². The second kappa shape index (κ2) is 6.92. The van der Waals surface area contributed by atoms with E-state index in [-0.39, 0.29) is 0 Å². The minimum Gasteiger partial charge on any atom is -0.362 e. The van der Waals surface area contributed by atoms with Gasteiger partial charge in [-0.3, -0.25) is 0 Å². The van der Waals surface area contributed by atoms with Crippen LogP contribution >= 0.6 is 0 Å². The molecular formula is C17H22N7+. The lowest BCUT2D eigenvalue weighted by molar-refractivity contribution is -0.885. The minimum atomic E-state index is 0.658. The van der Waals surface area contributed by atoms with E-state index < -0.39 is 0 Å². The Balaban J connectivity index is 1.48. The molecule has 24 heavy (non-hydrogen) atoms. The summed E-state index contributed by atoms with van der Waals surface area (Å²) < 4.78 is 1.82. The van der Waals surface area contributed by atoms with Gasteiger partial charge in [0.05, 0.1) is 32.7 Å². The second-order valence-electron chi connectivity index (χ2n) is 6.26. The van der Waals surface area contributed by atoms with Crippen LogP contribution in [0.3, 0.4) is 0 Å². The van der Waals surface area contributed by atoms with Crippen LogP contribution in [0.4, 0.5) is 5.82 Å². The van der Waals surface area contributed by atoms with E-state index in [1.807, 2.05) is 22.9 Å². The average Bonchev–Trinajstić information content (AvgIpc) is 3.27. The predicted molar refractivity (Wildman–Crippen MR) is 91.9 cm³/mol. The van der Waals surface area contributed by atoms with E-state index in [2.05, 4.69) is 37.7 Å². The smallest absolute Gasteiger partial charge is 0.184 e. The first kappa shape index (κ1) is 15.0. The Hall–Kier alpha value is -2.54. The monoisotopic (exact) mass is 324 g/mol. The van der Waals surface area contributed by atoms with Crippen LogP contribution in [-0.2, 0) is 6.54 Å². The van der Waals surface area contributed by atoms with E-state index in [0.717, 1.165) is 30.1 Å². The van der Waals surface area contributed by atoms with Crippen LogP contribution in [0.5, 0.6) is 0 Å². The molecule has 1 fully saturated rings. The van der Waals surface area contributed by atoms with Crippen LogP contribution in [0.25, 0.3) is 11.2 Å². The first-order chi connectivity index (χ1) is 11.9. The maximum Gasteiger partial charge on any atom is 0.184 e. The van der Waals surface area contributed by atoms with Crippen LogP contribution < -0.4 is 10.2 Å². The number of likely N-dealkylation sites (tertiary alicyclic amines) is 1. The van der Waals surface area contributed by atoms with Crippen molar-refractivity contribution in [1.82, 2.24) is 25.0 Å². The highest BCUT2D eigenvalue weighted by atomic mass is 15.4. The quantitative estimate of drug-likeness (QED) is 0.685. The molecule has 2 aromatic heterocycles. The SMILES string of the molecule is c1ccc(Cn2nnc3c(NCC[NH+]4CCCC4)ncnc32)cc1. The van der Waals surface area contributed by atoms with Crippen LogP contribution in [0.2, 0.25) is 0 Å². The highest BCUT2D eigenvalue weighted by Gasteiger charge is 2.16. The Bertz CT molecular complexity index is 793. The van der Waals surface area contributed by atoms with E-state index >= 15 is 0 Å². The van der Waals surface area contributed by atoms with Gasteiger partial charge in [-0.25, -0.2) is 14.6 Å². The molecule has 7 heteroatoms. The summed E-state index contributed by atoms with van der Waals surface area (Å²) in [4.78, 5) is 10.4. The van der Waals surface area contributed by atoms with Gasteiger partial charge in [-0.05, 0) is 5.56 Å². The van der Waals surface area contributed by atoms with Gasteiger partial charge in [-0.15, -0.1) is 5.10 Å². The number of rotatable bonds is 6.